The molecule has 0 spiro atoms. The van der Waals surface area contributed by atoms with E-state index in [1.54, 1.807) is 14.0 Å². The second kappa shape index (κ2) is 5.60. The van der Waals surface area contributed by atoms with Crippen LogP contribution in [0.4, 0.5) is 0 Å². The van der Waals surface area contributed by atoms with Gasteiger partial charge in [-0.15, -0.1) is 0 Å². The van der Waals surface area contributed by atoms with Gasteiger partial charge in [0.05, 0.1) is 12.3 Å². The SMILES string of the molecule is CC(O)CC1CCCCN1S(=O)(=O)c1ccnn1C. The molecule has 0 aromatic carbocycles. The number of aliphatic hydroxyl groups is 1. The van der Waals surface area contributed by atoms with E-state index in [1.165, 1.54) is 21.3 Å². The molecule has 0 radical (unpaired) electrons. The van der Waals surface area contributed by atoms with E-state index < -0.39 is 16.1 Å². The molecule has 1 N–H and O–H groups in total. The van der Waals surface area contributed by atoms with Crippen molar-refractivity contribution in [3.63, 3.8) is 0 Å². The molecule has 7 heteroatoms. The number of piperidine rings is 1. The van der Waals surface area contributed by atoms with Gasteiger partial charge in [0.2, 0.25) is 0 Å². The van der Waals surface area contributed by atoms with Gasteiger partial charge in [-0.2, -0.15) is 9.40 Å². The van der Waals surface area contributed by atoms with Gasteiger partial charge in [0.15, 0.2) is 5.03 Å². The lowest BCUT2D eigenvalue weighted by molar-refractivity contribution is 0.131. The molecule has 1 fully saturated rings. The molecule has 2 rings (SSSR count). The second-order valence-electron chi connectivity index (χ2n) is 5.14. The number of aryl methyl sites for hydroxylation is 1. The summed E-state index contributed by atoms with van der Waals surface area (Å²) in [5.74, 6) is 0. The number of rotatable bonds is 4. The molecule has 0 amide bonds. The van der Waals surface area contributed by atoms with Crippen molar-refractivity contribution >= 4 is 10.0 Å². The Morgan fingerprint density at radius 2 is 2.26 bits per heavy atom. The average molecular weight is 287 g/mol. The van der Waals surface area contributed by atoms with Crippen LogP contribution in [0.15, 0.2) is 17.3 Å². The first kappa shape index (κ1) is 14.5. The second-order valence-corrected chi connectivity index (χ2v) is 6.98. The van der Waals surface area contributed by atoms with Crippen molar-refractivity contribution in [3.05, 3.63) is 12.3 Å². The molecule has 0 aliphatic carbocycles. The molecule has 19 heavy (non-hydrogen) atoms. The van der Waals surface area contributed by atoms with Crippen LogP contribution in [0.2, 0.25) is 0 Å². The Morgan fingerprint density at radius 3 is 2.84 bits per heavy atom. The van der Waals surface area contributed by atoms with Gasteiger partial charge in [-0.1, -0.05) is 6.42 Å². The van der Waals surface area contributed by atoms with Crippen LogP contribution in [-0.4, -0.2) is 46.3 Å². The molecular weight excluding hydrogens is 266 g/mol. The van der Waals surface area contributed by atoms with E-state index in [-0.39, 0.29) is 11.1 Å². The van der Waals surface area contributed by atoms with Crippen molar-refractivity contribution in [1.29, 1.82) is 0 Å². The first-order valence-corrected chi connectivity index (χ1v) is 8.05. The summed E-state index contributed by atoms with van der Waals surface area (Å²) < 4.78 is 28.2. The van der Waals surface area contributed by atoms with E-state index in [1.807, 2.05) is 0 Å². The number of nitrogens with zero attached hydrogens (tertiary/aromatic N) is 3. The molecule has 1 aliphatic heterocycles. The molecule has 0 bridgehead atoms. The van der Waals surface area contributed by atoms with Crippen LogP contribution in [0.3, 0.4) is 0 Å². The number of hydrogen-bond acceptors (Lipinski definition) is 4. The topological polar surface area (TPSA) is 75.4 Å². The maximum absolute atomic E-state index is 12.6. The smallest absolute Gasteiger partial charge is 0.260 e. The number of aliphatic hydroxyl groups excluding tert-OH is 1. The third kappa shape index (κ3) is 2.98. The van der Waals surface area contributed by atoms with Crippen LogP contribution in [-0.2, 0) is 17.1 Å². The highest BCUT2D eigenvalue weighted by atomic mass is 32.2. The lowest BCUT2D eigenvalue weighted by atomic mass is 10.00. The predicted molar refractivity (Wildman–Crippen MR) is 71.0 cm³/mol. The molecule has 1 aliphatic rings. The monoisotopic (exact) mass is 287 g/mol. The summed E-state index contributed by atoms with van der Waals surface area (Å²) in [7, 11) is -1.90. The third-order valence-electron chi connectivity index (χ3n) is 3.54. The molecule has 2 atom stereocenters. The van der Waals surface area contributed by atoms with Gasteiger partial charge < -0.3 is 5.11 Å². The van der Waals surface area contributed by atoms with Crippen molar-refractivity contribution < 1.29 is 13.5 Å². The van der Waals surface area contributed by atoms with Crippen LogP contribution in [0.25, 0.3) is 0 Å². The highest BCUT2D eigenvalue weighted by Gasteiger charge is 2.35. The summed E-state index contributed by atoms with van der Waals surface area (Å²) in [6, 6.07) is 1.40. The Balaban J connectivity index is 2.29. The Hall–Kier alpha value is -0.920. The van der Waals surface area contributed by atoms with Crippen molar-refractivity contribution in [2.45, 2.75) is 49.8 Å². The van der Waals surface area contributed by atoms with Crippen LogP contribution in [0.1, 0.15) is 32.6 Å². The van der Waals surface area contributed by atoms with E-state index >= 15 is 0 Å². The average Bonchev–Trinajstić information content (AvgIpc) is 2.76. The predicted octanol–water partition coefficient (Wildman–Crippen LogP) is 0.734. The Kier molecular flexibility index (Phi) is 4.27. The van der Waals surface area contributed by atoms with Gasteiger partial charge in [0.1, 0.15) is 0 Å². The molecule has 2 unspecified atom stereocenters. The Bertz CT molecular complexity index is 524. The minimum Gasteiger partial charge on any atom is -0.393 e. The van der Waals surface area contributed by atoms with E-state index in [0.29, 0.717) is 13.0 Å². The van der Waals surface area contributed by atoms with Gasteiger partial charge in [0.25, 0.3) is 10.0 Å². The fourth-order valence-corrected chi connectivity index (χ4v) is 4.46. The van der Waals surface area contributed by atoms with E-state index in [4.69, 9.17) is 0 Å². The third-order valence-corrected chi connectivity index (χ3v) is 5.56. The number of sulfonamides is 1. The standard InChI is InChI=1S/C12H21N3O3S/c1-10(16)9-11-5-3-4-8-15(11)19(17,18)12-6-7-13-14(12)2/h6-7,10-11,16H,3-5,8-9H2,1-2H3. The summed E-state index contributed by atoms with van der Waals surface area (Å²) in [5, 5.41) is 13.7. The van der Waals surface area contributed by atoms with Gasteiger partial charge in [0, 0.05) is 19.6 Å². The van der Waals surface area contributed by atoms with Crippen LogP contribution < -0.4 is 0 Å². The molecule has 2 heterocycles. The van der Waals surface area contributed by atoms with Gasteiger partial charge in [-0.05, 0) is 32.3 Å². The fraction of sp³-hybridized carbons (Fsp3) is 0.750. The summed E-state index contributed by atoms with van der Waals surface area (Å²) in [4.78, 5) is 0. The molecular formula is C12H21N3O3S. The van der Waals surface area contributed by atoms with E-state index in [2.05, 4.69) is 5.10 Å². The largest absolute Gasteiger partial charge is 0.393 e. The zero-order valence-corrected chi connectivity index (χ0v) is 12.2. The summed E-state index contributed by atoms with van der Waals surface area (Å²) in [6.45, 7) is 2.22. The molecule has 1 aromatic heterocycles. The van der Waals surface area contributed by atoms with Crippen molar-refractivity contribution in [2.24, 2.45) is 7.05 Å². The Labute approximate surface area is 114 Å². The molecule has 108 valence electrons. The lowest BCUT2D eigenvalue weighted by Gasteiger charge is -2.35. The zero-order valence-electron chi connectivity index (χ0n) is 11.4. The van der Waals surface area contributed by atoms with Crippen molar-refractivity contribution in [3.8, 4) is 0 Å². The number of hydrogen-bond donors (Lipinski definition) is 1. The van der Waals surface area contributed by atoms with Gasteiger partial charge in [-0.25, -0.2) is 8.42 Å². The maximum atomic E-state index is 12.6. The zero-order chi connectivity index (χ0) is 14.0. The molecule has 1 saturated heterocycles. The van der Waals surface area contributed by atoms with Gasteiger partial charge in [-0.3, -0.25) is 4.68 Å². The summed E-state index contributed by atoms with van der Waals surface area (Å²) in [6.07, 6.45) is 4.16. The summed E-state index contributed by atoms with van der Waals surface area (Å²) >= 11 is 0. The summed E-state index contributed by atoms with van der Waals surface area (Å²) in [5.41, 5.74) is 0. The minimum atomic E-state index is -3.52. The Morgan fingerprint density at radius 1 is 1.53 bits per heavy atom. The minimum absolute atomic E-state index is 0.117. The quantitative estimate of drug-likeness (QED) is 0.886. The van der Waals surface area contributed by atoms with E-state index in [0.717, 1.165) is 19.3 Å². The highest BCUT2D eigenvalue weighted by molar-refractivity contribution is 7.89. The van der Waals surface area contributed by atoms with E-state index in [9.17, 15) is 13.5 Å². The van der Waals surface area contributed by atoms with Crippen molar-refractivity contribution in [2.75, 3.05) is 6.54 Å². The molecule has 6 nitrogen and oxygen atoms in total. The fourth-order valence-electron chi connectivity index (χ4n) is 2.65. The van der Waals surface area contributed by atoms with Crippen LogP contribution in [0, 0.1) is 0 Å². The van der Waals surface area contributed by atoms with Crippen LogP contribution >= 0.6 is 0 Å². The number of aromatic nitrogens is 2. The van der Waals surface area contributed by atoms with Crippen molar-refractivity contribution in [1.82, 2.24) is 14.1 Å². The molecule has 1 aromatic rings. The van der Waals surface area contributed by atoms with Crippen LogP contribution in [0.5, 0.6) is 0 Å². The highest BCUT2D eigenvalue weighted by Crippen LogP contribution is 2.27. The first-order valence-electron chi connectivity index (χ1n) is 6.61. The molecule has 0 saturated carbocycles. The maximum Gasteiger partial charge on any atom is 0.260 e. The first-order chi connectivity index (χ1) is 8.93. The lowest BCUT2D eigenvalue weighted by Crippen LogP contribution is -2.45. The van der Waals surface area contributed by atoms with Gasteiger partial charge >= 0.3 is 0 Å². The normalized spacial score (nSPS) is 23.4.